The van der Waals surface area contributed by atoms with Crippen molar-refractivity contribution < 1.29 is 23.7 Å². The van der Waals surface area contributed by atoms with E-state index in [2.05, 4.69) is 0 Å². The SMILES string of the molecule is O=P(O)(CCOCP(=O)(O)c1ccccc1)c1ccccc1. The molecule has 0 fully saturated rings. The van der Waals surface area contributed by atoms with Gasteiger partial charge in [-0.25, -0.2) is 0 Å². The van der Waals surface area contributed by atoms with Crippen molar-refractivity contribution in [3.8, 4) is 0 Å². The van der Waals surface area contributed by atoms with Gasteiger partial charge in [0.1, 0.15) is 6.35 Å². The zero-order valence-electron chi connectivity index (χ0n) is 11.9. The Morgan fingerprint density at radius 3 is 1.73 bits per heavy atom. The van der Waals surface area contributed by atoms with E-state index < -0.39 is 14.7 Å². The minimum atomic E-state index is -3.59. The predicted molar refractivity (Wildman–Crippen MR) is 87.5 cm³/mol. The maximum Gasteiger partial charge on any atom is 0.254 e. The van der Waals surface area contributed by atoms with E-state index in [1.807, 2.05) is 0 Å². The summed E-state index contributed by atoms with van der Waals surface area (Å²) in [5.41, 5.74) is 0. The van der Waals surface area contributed by atoms with Gasteiger partial charge in [-0.05, 0) is 24.3 Å². The molecular weight excluding hydrogens is 322 g/mol. The van der Waals surface area contributed by atoms with Crippen molar-refractivity contribution in [1.82, 2.24) is 0 Å². The summed E-state index contributed by atoms with van der Waals surface area (Å²) < 4.78 is 29.4. The number of benzene rings is 2. The van der Waals surface area contributed by atoms with Crippen LogP contribution in [0.2, 0.25) is 0 Å². The van der Waals surface area contributed by atoms with Crippen LogP contribution in [-0.4, -0.2) is 28.9 Å². The van der Waals surface area contributed by atoms with Crippen molar-refractivity contribution in [2.24, 2.45) is 0 Å². The maximum absolute atomic E-state index is 12.2. The molecule has 0 aliphatic heterocycles. The Bertz CT molecular complexity index is 626. The van der Waals surface area contributed by atoms with E-state index in [4.69, 9.17) is 4.74 Å². The lowest BCUT2D eigenvalue weighted by molar-refractivity contribution is 0.185. The van der Waals surface area contributed by atoms with Crippen LogP contribution in [0.3, 0.4) is 0 Å². The second kappa shape index (κ2) is 7.36. The molecular formula is C15H18O5P2. The van der Waals surface area contributed by atoms with Crippen LogP contribution in [0.25, 0.3) is 0 Å². The lowest BCUT2D eigenvalue weighted by Crippen LogP contribution is -2.13. The van der Waals surface area contributed by atoms with E-state index in [0.717, 1.165) is 0 Å². The average molecular weight is 340 g/mol. The molecule has 0 aliphatic rings. The molecule has 2 aromatic carbocycles. The quantitative estimate of drug-likeness (QED) is 0.596. The van der Waals surface area contributed by atoms with Gasteiger partial charge in [0.25, 0.3) is 7.37 Å². The van der Waals surface area contributed by atoms with Gasteiger partial charge in [-0.15, -0.1) is 0 Å². The normalized spacial score (nSPS) is 16.6. The third-order valence-electron chi connectivity index (χ3n) is 3.12. The first kappa shape index (κ1) is 17.1. The van der Waals surface area contributed by atoms with Gasteiger partial charge in [0, 0.05) is 10.6 Å². The van der Waals surface area contributed by atoms with Crippen molar-refractivity contribution in [1.29, 1.82) is 0 Å². The van der Waals surface area contributed by atoms with Crippen molar-refractivity contribution in [3.05, 3.63) is 60.7 Å². The first-order valence-corrected chi connectivity index (χ1v) is 10.4. The molecule has 2 N–H and O–H groups in total. The van der Waals surface area contributed by atoms with E-state index in [0.29, 0.717) is 10.6 Å². The minimum absolute atomic E-state index is 0.0555. The van der Waals surface area contributed by atoms with Gasteiger partial charge in [-0.1, -0.05) is 36.4 Å². The number of ether oxygens (including phenoxy) is 1. The summed E-state index contributed by atoms with van der Waals surface area (Å²) in [6, 6.07) is 16.5. The highest BCUT2D eigenvalue weighted by Gasteiger charge is 2.24. The molecule has 0 amide bonds. The van der Waals surface area contributed by atoms with E-state index in [1.54, 1.807) is 60.7 Å². The molecule has 7 heteroatoms. The molecule has 0 bridgehead atoms. The summed E-state index contributed by atoms with van der Waals surface area (Å²) in [5.74, 6) is 0. The Labute approximate surface area is 129 Å². The lowest BCUT2D eigenvalue weighted by Gasteiger charge is -2.14. The van der Waals surface area contributed by atoms with Crippen LogP contribution in [0.5, 0.6) is 0 Å². The standard InChI is InChI=1S/C15H18O5P2/c16-21(17,14-7-3-1-4-8-14)12-11-20-13-22(18,19)15-9-5-2-6-10-15/h1-10H,11-13H2,(H,16,17)(H,18,19). The molecule has 0 spiro atoms. The molecule has 2 atom stereocenters. The van der Waals surface area contributed by atoms with Crippen molar-refractivity contribution >= 4 is 25.3 Å². The summed E-state index contributed by atoms with van der Waals surface area (Å²) in [4.78, 5) is 19.9. The first-order chi connectivity index (χ1) is 10.4. The molecule has 0 heterocycles. The average Bonchev–Trinajstić information content (AvgIpc) is 2.53. The van der Waals surface area contributed by atoms with Gasteiger partial charge < -0.3 is 14.5 Å². The summed E-state index contributed by atoms with van der Waals surface area (Å²) in [7, 11) is -7.09. The highest BCUT2D eigenvalue weighted by molar-refractivity contribution is 7.66. The summed E-state index contributed by atoms with van der Waals surface area (Å²) >= 11 is 0. The largest absolute Gasteiger partial charge is 0.370 e. The van der Waals surface area contributed by atoms with Crippen LogP contribution in [0, 0.1) is 0 Å². The fraction of sp³-hybridized carbons (Fsp3) is 0.200. The summed E-state index contributed by atoms with van der Waals surface area (Å²) in [5, 5.41) is 0.666. The molecule has 0 saturated heterocycles. The molecule has 5 nitrogen and oxygen atoms in total. The smallest absolute Gasteiger partial charge is 0.254 e. The Kier molecular flexibility index (Phi) is 5.74. The lowest BCUT2D eigenvalue weighted by atomic mass is 10.4. The minimum Gasteiger partial charge on any atom is -0.370 e. The Morgan fingerprint density at radius 1 is 0.773 bits per heavy atom. The number of rotatable bonds is 7. The van der Waals surface area contributed by atoms with Crippen molar-refractivity contribution in [2.45, 2.75) is 0 Å². The van der Waals surface area contributed by atoms with Gasteiger partial charge >= 0.3 is 0 Å². The maximum atomic E-state index is 12.2. The van der Waals surface area contributed by atoms with Gasteiger partial charge in [0.05, 0.1) is 12.8 Å². The van der Waals surface area contributed by atoms with Crippen LogP contribution in [0.4, 0.5) is 0 Å². The summed E-state index contributed by atoms with van der Waals surface area (Å²) in [6.07, 6.45) is -0.461. The fourth-order valence-electron chi connectivity index (χ4n) is 1.90. The number of hydrogen-bond acceptors (Lipinski definition) is 3. The zero-order valence-corrected chi connectivity index (χ0v) is 13.7. The van der Waals surface area contributed by atoms with Gasteiger partial charge in [0.15, 0.2) is 0 Å². The predicted octanol–water partition coefficient (Wildman–Crippen LogP) is 2.15. The highest BCUT2D eigenvalue weighted by atomic mass is 31.2. The van der Waals surface area contributed by atoms with Crippen LogP contribution in [0.1, 0.15) is 0 Å². The van der Waals surface area contributed by atoms with E-state index in [1.165, 1.54) is 0 Å². The van der Waals surface area contributed by atoms with Crippen LogP contribution >= 0.6 is 14.7 Å². The molecule has 2 unspecified atom stereocenters. The van der Waals surface area contributed by atoms with E-state index >= 15 is 0 Å². The van der Waals surface area contributed by atoms with Crippen LogP contribution < -0.4 is 10.6 Å². The monoisotopic (exact) mass is 340 g/mol. The molecule has 118 valence electrons. The topological polar surface area (TPSA) is 83.8 Å². The first-order valence-electron chi connectivity index (χ1n) is 6.74. The van der Waals surface area contributed by atoms with Crippen molar-refractivity contribution in [2.75, 3.05) is 19.1 Å². The zero-order chi connectivity index (χ0) is 16.1. The van der Waals surface area contributed by atoms with Crippen LogP contribution in [0.15, 0.2) is 60.7 Å². The Morgan fingerprint density at radius 2 is 1.23 bits per heavy atom. The van der Waals surface area contributed by atoms with Crippen molar-refractivity contribution in [3.63, 3.8) is 0 Å². The summed E-state index contributed by atoms with van der Waals surface area (Å²) in [6.45, 7) is -0.0555. The van der Waals surface area contributed by atoms with Gasteiger partial charge in [0.2, 0.25) is 7.37 Å². The molecule has 0 aliphatic carbocycles. The van der Waals surface area contributed by atoms with E-state index in [9.17, 15) is 18.9 Å². The Balaban J connectivity index is 1.87. The molecule has 2 rings (SSSR count). The third-order valence-corrected chi connectivity index (χ3v) is 6.66. The molecule has 0 aromatic heterocycles. The van der Waals surface area contributed by atoms with E-state index in [-0.39, 0.29) is 19.1 Å². The fourth-order valence-corrected chi connectivity index (χ4v) is 4.34. The molecule has 0 radical (unpaired) electrons. The third kappa shape index (κ3) is 4.64. The van der Waals surface area contributed by atoms with Crippen LogP contribution in [-0.2, 0) is 13.9 Å². The second-order valence-corrected chi connectivity index (χ2v) is 9.38. The van der Waals surface area contributed by atoms with Gasteiger partial charge in [-0.3, -0.25) is 9.13 Å². The van der Waals surface area contributed by atoms with Gasteiger partial charge in [-0.2, -0.15) is 0 Å². The highest BCUT2D eigenvalue weighted by Crippen LogP contribution is 2.41. The molecule has 22 heavy (non-hydrogen) atoms. The Hall–Kier alpha value is -1.22. The second-order valence-electron chi connectivity index (χ2n) is 4.84. The number of hydrogen-bond donors (Lipinski definition) is 2. The molecule has 2 aromatic rings. The molecule has 0 saturated carbocycles.